The van der Waals surface area contributed by atoms with Crippen LogP contribution < -0.4 is 0 Å². The van der Waals surface area contributed by atoms with Gasteiger partial charge in [-0.2, -0.15) is 13.2 Å². The van der Waals surface area contributed by atoms with E-state index in [-0.39, 0.29) is 5.52 Å². The maximum atomic E-state index is 12.9. The number of thioether (sulfide) groups is 1. The molecule has 9 heteroatoms. The third-order valence-electron chi connectivity index (χ3n) is 4.12. The van der Waals surface area contributed by atoms with Crippen LogP contribution in [0.15, 0.2) is 46.6 Å². The standard InChI is InChI=1S/C19H18F3N5S/c1-4-28-18(26-13-8-6-5-7-12(13)23)11(2)17-25-14-9-16(19(20,21)22)24-10-15(14)27(17)3/h5-10,23H,4H2,1-3H3/b18-11-,23-12?,26-13-. The Morgan fingerprint density at radius 3 is 2.64 bits per heavy atom. The summed E-state index contributed by atoms with van der Waals surface area (Å²) < 4.78 is 40.5. The van der Waals surface area contributed by atoms with Crippen molar-refractivity contribution >= 4 is 39.8 Å². The Kier molecular flexibility index (Phi) is 5.55. The highest BCUT2D eigenvalue weighted by atomic mass is 32.2. The summed E-state index contributed by atoms with van der Waals surface area (Å²) in [4.78, 5) is 12.5. The number of aliphatic imine (C=N–C) groups is 1. The zero-order chi connectivity index (χ0) is 20.5. The van der Waals surface area contributed by atoms with Gasteiger partial charge in [-0.05, 0) is 30.9 Å². The number of imidazole rings is 1. The third-order valence-corrected chi connectivity index (χ3v) is 5.08. The van der Waals surface area contributed by atoms with E-state index in [0.29, 0.717) is 27.8 Å². The molecule has 0 spiro atoms. The Morgan fingerprint density at radius 2 is 2.00 bits per heavy atom. The molecule has 2 heterocycles. The zero-order valence-corrected chi connectivity index (χ0v) is 16.3. The first kappa shape index (κ1) is 20.1. The van der Waals surface area contributed by atoms with E-state index in [0.717, 1.165) is 17.4 Å². The van der Waals surface area contributed by atoms with Crippen LogP contribution in [0, 0.1) is 5.41 Å². The lowest BCUT2D eigenvalue weighted by molar-refractivity contribution is -0.141. The van der Waals surface area contributed by atoms with Gasteiger partial charge in [-0.3, -0.25) is 5.41 Å². The normalized spacial score (nSPS) is 16.9. The summed E-state index contributed by atoms with van der Waals surface area (Å²) >= 11 is 1.49. The molecule has 28 heavy (non-hydrogen) atoms. The number of aromatic nitrogens is 3. The summed E-state index contributed by atoms with van der Waals surface area (Å²) in [6.07, 6.45) is 3.64. The molecular weight excluding hydrogens is 387 g/mol. The topological polar surface area (TPSA) is 66.9 Å². The largest absolute Gasteiger partial charge is 0.433 e. The first-order valence-corrected chi connectivity index (χ1v) is 9.47. The molecule has 0 aliphatic heterocycles. The molecule has 1 aliphatic rings. The van der Waals surface area contributed by atoms with Crippen molar-refractivity contribution in [3.63, 3.8) is 0 Å². The van der Waals surface area contributed by atoms with Gasteiger partial charge in [0.15, 0.2) is 0 Å². The minimum absolute atomic E-state index is 0.223. The lowest BCUT2D eigenvalue weighted by Gasteiger charge is -2.10. The number of rotatable bonds is 4. The van der Waals surface area contributed by atoms with Crippen LogP contribution in [0.25, 0.3) is 16.6 Å². The van der Waals surface area contributed by atoms with Crippen LogP contribution in [0.3, 0.4) is 0 Å². The number of allylic oxidation sites excluding steroid dienone is 5. The summed E-state index contributed by atoms with van der Waals surface area (Å²) in [6.45, 7) is 3.81. The monoisotopic (exact) mass is 405 g/mol. The smallest absolute Gasteiger partial charge is 0.326 e. The van der Waals surface area contributed by atoms with Crippen molar-refractivity contribution in [1.82, 2.24) is 14.5 Å². The van der Waals surface area contributed by atoms with Crippen LogP contribution in [-0.2, 0) is 13.2 Å². The Balaban J connectivity index is 2.13. The van der Waals surface area contributed by atoms with Gasteiger partial charge in [0.2, 0.25) is 0 Å². The molecule has 0 atom stereocenters. The third kappa shape index (κ3) is 3.94. The molecule has 0 bridgehead atoms. The van der Waals surface area contributed by atoms with Crippen LogP contribution in [0.1, 0.15) is 25.4 Å². The average molecular weight is 405 g/mol. The Labute approximate surface area is 164 Å². The molecule has 0 amide bonds. The Bertz CT molecular complexity index is 1060. The fourth-order valence-electron chi connectivity index (χ4n) is 2.72. The van der Waals surface area contributed by atoms with Gasteiger partial charge in [0.25, 0.3) is 0 Å². The van der Waals surface area contributed by atoms with E-state index in [2.05, 4.69) is 15.0 Å². The van der Waals surface area contributed by atoms with Gasteiger partial charge in [-0.1, -0.05) is 19.1 Å². The number of nitrogens with one attached hydrogen (secondary N) is 1. The van der Waals surface area contributed by atoms with Crippen LogP contribution >= 0.6 is 11.8 Å². The second kappa shape index (κ2) is 7.75. The number of nitrogens with zero attached hydrogens (tertiary/aromatic N) is 4. The molecule has 1 aliphatic carbocycles. The number of hydrogen-bond donors (Lipinski definition) is 1. The molecule has 0 fully saturated rings. The van der Waals surface area contributed by atoms with Crippen molar-refractivity contribution in [3.05, 3.63) is 53.1 Å². The highest BCUT2D eigenvalue weighted by Gasteiger charge is 2.33. The van der Waals surface area contributed by atoms with E-state index < -0.39 is 11.9 Å². The molecule has 0 saturated heterocycles. The Hall–Kier alpha value is -2.68. The number of fused-ring (bicyclic) bond motifs is 1. The fraction of sp³-hybridized carbons (Fsp3) is 0.263. The number of aryl methyl sites for hydroxylation is 1. The number of alkyl halides is 3. The SMILES string of the molecule is CCSC(/N=C1/C=CC=CC1=N)=C(/C)c1nc2cc(C(F)(F)F)ncc2n1C. The van der Waals surface area contributed by atoms with Crippen LogP contribution in [-0.4, -0.2) is 31.7 Å². The van der Waals surface area contributed by atoms with E-state index >= 15 is 0 Å². The molecule has 0 saturated carbocycles. The molecule has 1 N–H and O–H groups in total. The van der Waals surface area contributed by atoms with Crippen molar-refractivity contribution in [1.29, 1.82) is 5.41 Å². The molecule has 2 aromatic heterocycles. The van der Waals surface area contributed by atoms with E-state index in [1.165, 1.54) is 18.0 Å². The van der Waals surface area contributed by atoms with Crippen molar-refractivity contribution < 1.29 is 13.2 Å². The molecular formula is C19H18F3N5S. The minimum Gasteiger partial charge on any atom is -0.326 e. The minimum atomic E-state index is -4.52. The lowest BCUT2D eigenvalue weighted by atomic mass is 10.1. The lowest BCUT2D eigenvalue weighted by Crippen LogP contribution is -2.10. The summed E-state index contributed by atoms with van der Waals surface area (Å²) in [5.74, 6) is 1.26. The van der Waals surface area contributed by atoms with Crippen molar-refractivity contribution in [3.8, 4) is 0 Å². The summed E-state index contributed by atoms with van der Waals surface area (Å²) in [6, 6.07) is 0.953. The van der Waals surface area contributed by atoms with Gasteiger partial charge >= 0.3 is 6.18 Å². The van der Waals surface area contributed by atoms with Crippen LogP contribution in [0.5, 0.6) is 0 Å². The summed E-state index contributed by atoms with van der Waals surface area (Å²) in [5.41, 5.74) is 1.31. The maximum Gasteiger partial charge on any atom is 0.433 e. The van der Waals surface area contributed by atoms with E-state index in [1.807, 2.05) is 13.8 Å². The Morgan fingerprint density at radius 1 is 1.29 bits per heavy atom. The van der Waals surface area contributed by atoms with Crippen molar-refractivity contribution in [2.75, 3.05) is 5.75 Å². The predicted molar refractivity (Wildman–Crippen MR) is 108 cm³/mol. The molecule has 2 aromatic rings. The first-order valence-electron chi connectivity index (χ1n) is 8.48. The number of halogens is 3. The zero-order valence-electron chi connectivity index (χ0n) is 15.5. The second-order valence-electron chi connectivity index (χ2n) is 6.04. The molecule has 0 radical (unpaired) electrons. The second-order valence-corrected chi connectivity index (χ2v) is 7.30. The van der Waals surface area contributed by atoms with Gasteiger partial charge in [-0.15, -0.1) is 11.8 Å². The highest BCUT2D eigenvalue weighted by Crippen LogP contribution is 2.32. The van der Waals surface area contributed by atoms with Gasteiger partial charge in [-0.25, -0.2) is 15.0 Å². The molecule has 146 valence electrons. The van der Waals surface area contributed by atoms with E-state index in [4.69, 9.17) is 5.41 Å². The van der Waals surface area contributed by atoms with Crippen molar-refractivity contribution in [2.24, 2.45) is 12.0 Å². The molecule has 0 unspecified atom stereocenters. The predicted octanol–water partition coefficient (Wildman–Crippen LogP) is 5.02. The summed E-state index contributed by atoms with van der Waals surface area (Å²) in [7, 11) is 1.73. The first-order chi connectivity index (χ1) is 13.2. The number of hydrogen-bond acceptors (Lipinski definition) is 5. The van der Waals surface area contributed by atoms with Gasteiger partial charge in [0.05, 0.1) is 28.7 Å². The highest BCUT2D eigenvalue weighted by molar-refractivity contribution is 8.03. The van der Waals surface area contributed by atoms with Gasteiger partial charge in [0, 0.05) is 12.6 Å². The van der Waals surface area contributed by atoms with Gasteiger partial charge < -0.3 is 4.57 Å². The molecule has 5 nitrogen and oxygen atoms in total. The molecule has 3 rings (SSSR count). The van der Waals surface area contributed by atoms with Crippen LogP contribution in [0.2, 0.25) is 0 Å². The van der Waals surface area contributed by atoms with E-state index in [1.54, 1.807) is 35.9 Å². The fourth-order valence-corrected chi connectivity index (χ4v) is 3.46. The number of pyridine rings is 1. The van der Waals surface area contributed by atoms with Crippen molar-refractivity contribution in [2.45, 2.75) is 20.0 Å². The average Bonchev–Trinajstić information content (AvgIpc) is 2.98. The van der Waals surface area contributed by atoms with E-state index in [9.17, 15) is 13.2 Å². The summed E-state index contributed by atoms with van der Waals surface area (Å²) in [5, 5.41) is 8.66. The quantitative estimate of drug-likeness (QED) is 0.727. The van der Waals surface area contributed by atoms with Gasteiger partial charge in [0.1, 0.15) is 16.5 Å². The molecule has 0 aromatic carbocycles. The van der Waals surface area contributed by atoms with Crippen LogP contribution in [0.4, 0.5) is 13.2 Å². The maximum absolute atomic E-state index is 12.9.